The molecule has 88 valence electrons. The lowest BCUT2D eigenvalue weighted by molar-refractivity contribution is 0.793. The molecule has 0 aromatic rings. The molecule has 3 aliphatic carbocycles. The predicted octanol–water partition coefficient (Wildman–Crippen LogP) is 3.67. The average Bonchev–Trinajstić information content (AvgIpc) is 2.78. The van der Waals surface area contributed by atoms with Crippen molar-refractivity contribution < 1.29 is 0 Å². The van der Waals surface area contributed by atoms with E-state index in [1.807, 2.05) is 0 Å². The van der Waals surface area contributed by atoms with Gasteiger partial charge >= 0.3 is 0 Å². The van der Waals surface area contributed by atoms with Crippen LogP contribution in [-0.2, 0) is 0 Å². The summed E-state index contributed by atoms with van der Waals surface area (Å²) in [6, 6.07) is 0.335. The van der Waals surface area contributed by atoms with Crippen LogP contribution in [0.15, 0.2) is 81.6 Å². The Balaban J connectivity index is 1.95. The van der Waals surface area contributed by atoms with Gasteiger partial charge in [-0.1, -0.05) is 64.5 Å². The lowest BCUT2D eigenvalue weighted by Gasteiger charge is -2.25. The minimum Gasteiger partial charge on any atom is -0.374 e. The standard InChI is InChI=1S/C16H12BrN/c17-14-9-13-11-6-3-4-8-15(11)18-16(13)12-7-2-1-5-10(12)14/h1-10,15,18H. The van der Waals surface area contributed by atoms with Crippen molar-refractivity contribution in [3.8, 4) is 0 Å². The van der Waals surface area contributed by atoms with E-state index in [1.165, 1.54) is 26.9 Å². The number of allylic oxidation sites excluding steroid dienone is 9. The van der Waals surface area contributed by atoms with E-state index in [4.69, 9.17) is 0 Å². The van der Waals surface area contributed by atoms with Crippen LogP contribution in [0.3, 0.4) is 0 Å². The van der Waals surface area contributed by atoms with Crippen molar-refractivity contribution >= 4 is 15.9 Å². The Morgan fingerprint density at radius 3 is 2.61 bits per heavy atom. The Hall–Kier alpha value is -1.54. The van der Waals surface area contributed by atoms with Gasteiger partial charge in [-0.05, 0) is 17.2 Å². The van der Waals surface area contributed by atoms with E-state index in [-0.39, 0.29) is 0 Å². The first-order chi connectivity index (χ1) is 8.84. The molecule has 0 saturated heterocycles. The Bertz CT molecular complexity index is 638. The molecular formula is C16H12BrN. The summed E-state index contributed by atoms with van der Waals surface area (Å²) in [5, 5.41) is 3.63. The molecule has 0 aromatic carbocycles. The highest BCUT2D eigenvalue weighted by Gasteiger charge is 2.33. The van der Waals surface area contributed by atoms with Crippen LogP contribution in [0.5, 0.6) is 0 Å². The lowest BCUT2D eigenvalue weighted by Crippen LogP contribution is -2.24. The molecule has 2 heteroatoms. The van der Waals surface area contributed by atoms with Crippen LogP contribution in [0.4, 0.5) is 0 Å². The second-order valence-corrected chi connectivity index (χ2v) is 5.73. The topological polar surface area (TPSA) is 12.0 Å². The highest BCUT2D eigenvalue weighted by Crippen LogP contribution is 2.43. The second-order valence-electron chi connectivity index (χ2n) is 4.82. The van der Waals surface area contributed by atoms with Gasteiger partial charge in [0.2, 0.25) is 0 Å². The zero-order valence-electron chi connectivity index (χ0n) is 9.73. The number of halogens is 1. The highest BCUT2D eigenvalue weighted by atomic mass is 79.9. The third kappa shape index (κ3) is 1.33. The van der Waals surface area contributed by atoms with Crippen LogP contribution in [0.2, 0.25) is 0 Å². The Labute approximate surface area is 115 Å². The first-order valence-corrected chi connectivity index (χ1v) is 6.96. The molecule has 1 heterocycles. The van der Waals surface area contributed by atoms with Crippen molar-refractivity contribution in [1.29, 1.82) is 0 Å². The van der Waals surface area contributed by atoms with Crippen LogP contribution in [-0.4, -0.2) is 6.04 Å². The van der Waals surface area contributed by atoms with Gasteiger partial charge in [-0.3, -0.25) is 0 Å². The zero-order chi connectivity index (χ0) is 12.1. The molecule has 0 amide bonds. The summed E-state index contributed by atoms with van der Waals surface area (Å²) in [5.41, 5.74) is 5.36. The smallest absolute Gasteiger partial charge is 0.0707 e. The lowest BCUT2D eigenvalue weighted by atomic mass is 9.85. The van der Waals surface area contributed by atoms with Crippen molar-refractivity contribution in [1.82, 2.24) is 5.32 Å². The quantitative estimate of drug-likeness (QED) is 0.719. The van der Waals surface area contributed by atoms with E-state index < -0.39 is 0 Å². The summed E-state index contributed by atoms with van der Waals surface area (Å²) in [7, 11) is 0. The molecule has 2 atom stereocenters. The summed E-state index contributed by atoms with van der Waals surface area (Å²) < 4.78 is 1.25. The SMILES string of the molecule is BrC1=CC2=C3C=CC=CC3NC2=C2C=CC=CC12. The summed E-state index contributed by atoms with van der Waals surface area (Å²) in [4.78, 5) is 0. The molecule has 0 saturated carbocycles. The van der Waals surface area contributed by atoms with Gasteiger partial charge in [-0.2, -0.15) is 0 Å². The molecule has 0 aromatic heterocycles. The molecule has 2 unspecified atom stereocenters. The summed E-state index contributed by atoms with van der Waals surface area (Å²) in [6.45, 7) is 0. The minimum atomic E-state index is 0.335. The first kappa shape index (κ1) is 10.4. The van der Waals surface area contributed by atoms with Crippen LogP contribution in [0.25, 0.3) is 0 Å². The summed E-state index contributed by atoms with van der Waals surface area (Å²) in [6.07, 6.45) is 19.6. The molecular weight excluding hydrogens is 286 g/mol. The molecule has 18 heavy (non-hydrogen) atoms. The summed E-state index contributed by atoms with van der Waals surface area (Å²) in [5.74, 6) is 0.370. The minimum absolute atomic E-state index is 0.335. The molecule has 0 radical (unpaired) electrons. The van der Waals surface area contributed by atoms with Gasteiger partial charge in [0, 0.05) is 21.7 Å². The number of hydrogen-bond donors (Lipinski definition) is 1. The largest absolute Gasteiger partial charge is 0.374 e. The Morgan fingerprint density at radius 2 is 1.72 bits per heavy atom. The zero-order valence-corrected chi connectivity index (χ0v) is 11.3. The van der Waals surface area contributed by atoms with Crippen LogP contribution in [0, 0.1) is 5.92 Å². The second kappa shape index (κ2) is 3.72. The number of hydrogen-bond acceptors (Lipinski definition) is 1. The Kier molecular flexibility index (Phi) is 2.15. The Morgan fingerprint density at radius 1 is 0.944 bits per heavy atom. The molecule has 0 fully saturated rings. The molecule has 0 bridgehead atoms. The van der Waals surface area contributed by atoms with Crippen LogP contribution in [0.1, 0.15) is 0 Å². The molecule has 1 nitrogen and oxygen atoms in total. The summed E-state index contributed by atoms with van der Waals surface area (Å²) >= 11 is 3.72. The van der Waals surface area contributed by atoms with Crippen molar-refractivity contribution in [2.75, 3.05) is 0 Å². The van der Waals surface area contributed by atoms with E-state index in [2.05, 4.69) is 75.9 Å². The van der Waals surface area contributed by atoms with Crippen molar-refractivity contribution in [2.45, 2.75) is 6.04 Å². The van der Waals surface area contributed by atoms with Gasteiger partial charge in [-0.25, -0.2) is 0 Å². The van der Waals surface area contributed by atoms with Crippen LogP contribution >= 0.6 is 15.9 Å². The van der Waals surface area contributed by atoms with Gasteiger partial charge in [0.25, 0.3) is 0 Å². The molecule has 4 rings (SSSR count). The van der Waals surface area contributed by atoms with Gasteiger partial charge in [0.05, 0.1) is 6.04 Å². The third-order valence-corrected chi connectivity index (χ3v) is 4.52. The van der Waals surface area contributed by atoms with E-state index in [0.717, 1.165) is 0 Å². The number of fused-ring (bicyclic) bond motifs is 3. The van der Waals surface area contributed by atoms with Gasteiger partial charge in [0.1, 0.15) is 0 Å². The van der Waals surface area contributed by atoms with Gasteiger partial charge < -0.3 is 5.32 Å². The molecule has 4 aliphatic rings. The number of rotatable bonds is 0. The average molecular weight is 298 g/mol. The highest BCUT2D eigenvalue weighted by molar-refractivity contribution is 9.11. The predicted molar refractivity (Wildman–Crippen MR) is 78.0 cm³/mol. The maximum absolute atomic E-state index is 3.72. The fraction of sp³-hybridized carbons (Fsp3) is 0.125. The first-order valence-electron chi connectivity index (χ1n) is 6.17. The fourth-order valence-electron chi connectivity index (χ4n) is 2.95. The normalized spacial score (nSPS) is 31.1. The maximum atomic E-state index is 3.72. The molecule has 0 spiro atoms. The van der Waals surface area contributed by atoms with E-state index in [9.17, 15) is 0 Å². The van der Waals surface area contributed by atoms with Crippen molar-refractivity contribution in [3.05, 3.63) is 81.6 Å². The molecule has 1 N–H and O–H groups in total. The number of nitrogens with one attached hydrogen (secondary N) is 1. The van der Waals surface area contributed by atoms with Crippen LogP contribution < -0.4 is 5.32 Å². The van der Waals surface area contributed by atoms with E-state index in [1.54, 1.807) is 0 Å². The molecule has 1 aliphatic heterocycles. The van der Waals surface area contributed by atoms with E-state index in [0.29, 0.717) is 12.0 Å². The fourth-order valence-corrected chi connectivity index (χ4v) is 3.57. The van der Waals surface area contributed by atoms with Gasteiger partial charge in [-0.15, -0.1) is 0 Å². The monoisotopic (exact) mass is 297 g/mol. The maximum Gasteiger partial charge on any atom is 0.0707 e. The third-order valence-electron chi connectivity index (χ3n) is 3.80. The van der Waals surface area contributed by atoms with Gasteiger partial charge in [0.15, 0.2) is 0 Å². The van der Waals surface area contributed by atoms with E-state index >= 15 is 0 Å². The van der Waals surface area contributed by atoms with Crippen molar-refractivity contribution in [2.24, 2.45) is 5.92 Å². The van der Waals surface area contributed by atoms with Crippen molar-refractivity contribution in [3.63, 3.8) is 0 Å².